The number of hydrogen-bond donors (Lipinski definition) is 2. The molecule has 1 saturated heterocycles. The van der Waals surface area contributed by atoms with Crippen molar-refractivity contribution in [3.05, 3.63) is 59.7 Å². The molecule has 1 heterocycles. The van der Waals surface area contributed by atoms with Crippen LogP contribution in [-0.2, 0) is 6.18 Å². The number of aliphatic hydroxyl groups is 1. The van der Waals surface area contributed by atoms with Crippen LogP contribution in [0.4, 0.5) is 24.5 Å². The molecule has 0 aromatic heterocycles. The summed E-state index contributed by atoms with van der Waals surface area (Å²) in [4.78, 5) is 2.22. The van der Waals surface area contributed by atoms with Gasteiger partial charge in [-0.3, -0.25) is 5.43 Å². The fourth-order valence-corrected chi connectivity index (χ4v) is 2.84. The molecule has 2 aromatic rings. The molecule has 0 radical (unpaired) electrons. The molecule has 0 saturated carbocycles. The Kier molecular flexibility index (Phi) is 5.46. The van der Waals surface area contributed by atoms with Gasteiger partial charge in [-0.05, 0) is 48.7 Å². The minimum atomic E-state index is -4.37. The average Bonchev–Trinajstić information content (AvgIpc) is 2.63. The fourth-order valence-electron chi connectivity index (χ4n) is 2.84. The minimum Gasteiger partial charge on any atom is -0.393 e. The highest BCUT2D eigenvalue weighted by Crippen LogP contribution is 2.30. The molecule has 2 N–H and O–H groups in total. The summed E-state index contributed by atoms with van der Waals surface area (Å²) in [5, 5.41) is 13.6. The highest BCUT2D eigenvalue weighted by Gasteiger charge is 2.30. The zero-order chi connectivity index (χ0) is 18.6. The zero-order valence-corrected chi connectivity index (χ0v) is 14.1. The van der Waals surface area contributed by atoms with E-state index in [-0.39, 0.29) is 11.8 Å². The number of anilines is 2. The number of rotatable bonds is 4. The van der Waals surface area contributed by atoms with Gasteiger partial charge in [-0.1, -0.05) is 18.2 Å². The van der Waals surface area contributed by atoms with Crippen LogP contribution in [0.3, 0.4) is 0 Å². The average molecular weight is 363 g/mol. The van der Waals surface area contributed by atoms with Crippen molar-refractivity contribution in [1.29, 1.82) is 0 Å². The zero-order valence-electron chi connectivity index (χ0n) is 14.1. The Bertz CT molecular complexity index is 751. The van der Waals surface area contributed by atoms with Gasteiger partial charge in [-0.25, -0.2) is 0 Å². The van der Waals surface area contributed by atoms with Crippen LogP contribution < -0.4 is 10.3 Å². The molecule has 7 heteroatoms. The summed E-state index contributed by atoms with van der Waals surface area (Å²) in [6, 6.07) is 12.7. The van der Waals surface area contributed by atoms with Gasteiger partial charge in [0.1, 0.15) is 0 Å². The molecule has 1 aliphatic rings. The van der Waals surface area contributed by atoms with Crippen LogP contribution in [-0.4, -0.2) is 30.5 Å². The lowest BCUT2D eigenvalue weighted by Crippen LogP contribution is -2.35. The third-order valence-electron chi connectivity index (χ3n) is 4.32. The van der Waals surface area contributed by atoms with Gasteiger partial charge in [0.05, 0.1) is 23.6 Å². The van der Waals surface area contributed by atoms with Crippen LogP contribution in [0.1, 0.15) is 24.0 Å². The Balaban J connectivity index is 1.59. The van der Waals surface area contributed by atoms with Gasteiger partial charge in [0.2, 0.25) is 0 Å². The number of piperidine rings is 1. The molecule has 0 bridgehead atoms. The van der Waals surface area contributed by atoms with Gasteiger partial charge in [-0.15, -0.1) is 0 Å². The predicted molar refractivity (Wildman–Crippen MR) is 96.6 cm³/mol. The Morgan fingerprint density at radius 3 is 2.42 bits per heavy atom. The van der Waals surface area contributed by atoms with Crippen LogP contribution >= 0.6 is 0 Å². The monoisotopic (exact) mass is 363 g/mol. The molecule has 26 heavy (non-hydrogen) atoms. The summed E-state index contributed by atoms with van der Waals surface area (Å²) in [5.74, 6) is 0. The molecule has 0 amide bonds. The van der Waals surface area contributed by atoms with Crippen LogP contribution in [0.2, 0.25) is 0 Å². The molecule has 0 unspecified atom stereocenters. The summed E-state index contributed by atoms with van der Waals surface area (Å²) >= 11 is 0. The third-order valence-corrected chi connectivity index (χ3v) is 4.32. The number of halogens is 3. The van der Waals surface area contributed by atoms with Gasteiger partial charge in [0.25, 0.3) is 0 Å². The molecular weight excluding hydrogens is 343 g/mol. The lowest BCUT2D eigenvalue weighted by atomic mass is 10.1. The molecular formula is C19H20F3N3O. The Hall–Kier alpha value is -2.54. The molecule has 1 aliphatic heterocycles. The van der Waals surface area contributed by atoms with E-state index in [2.05, 4.69) is 15.4 Å². The maximum atomic E-state index is 12.7. The summed E-state index contributed by atoms with van der Waals surface area (Å²) in [5.41, 5.74) is 4.10. The van der Waals surface area contributed by atoms with E-state index in [9.17, 15) is 18.3 Å². The first-order chi connectivity index (χ1) is 12.4. The van der Waals surface area contributed by atoms with E-state index in [1.165, 1.54) is 12.1 Å². The molecule has 1 fully saturated rings. The van der Waals surface area contributed by atoms with Crippen molar-refractivity contribution < 1.29 is 18.3 Å². The number of nitrogens with zero attached hydrogens (tertiary/aromatic N) is 2. The molecule has 4 nitrogen and oxygen atoms in total. The second-order valence-electron chi connectivity index (χ2n) is 6.26. The molecule has 0 spiro atoms. The number of nitrogens with one attached hydrogen (secondary N) is 1. The van der Waals surface area contributed by atoms with Crippen molar-refractivity contribution >= 4 is 17.6 Å². The van der Waals surface area contributed by atoms with Crippen LogP contribution in [0.5, 0.6) is 0 Å². The second-order valence-corrected chi connectivity index (χ2v) is 6.26. The lowest BCUT2D eigenvalue weighted by Gasteiger charge is -2.31. The molecule has 0 aliphatic carbocycles. The SMILES string of the molecule is OC1CCN(c2ccc(C=NNc3cccc(C(F)(F)F)c3)cc2)CC1. The minimum absolute atomic E-state index is 0.209. The Labute approximate surface area is 150 Å². The van der Waals surface area contributed by atoms with E-state index in [4.69, 9.17) is 0 Å². The van der Waals surface area contributed by atoms with E-state index >= 15 is 0 Å². The first-order valence-electron chi connectivity index (χ1n) is 8.41. The van der Waals surface area contributed by atoms with Crippen LogP contribution in [0.25, 0.3) is 0 Å². The van der Waals surface area contributed by atoms with Gasteiger partial charge in [-0.2, -0.15) is 18.3 Å². The molecule has 0 atom stereocenters. The molecule has 2 aromatic carbocycles. The van der Waals surface area contributed by atoms with Gasteiger partial charge < -0.3 is 10.0 Å². The molecule has 138 valence electrons. The van der Waals surface area contributed by atoms with Crippen molar-refractivity contribution in [2.24, 2.45) is 5.10 Å². The standard InChI is InChI=1S/C19H20F3N3O/c20-19(21,22)15-2-1-3-16(12-15)24-23-13-14-4-6-17(7-5-14)25-10-8-18(26)9-11-25/h1-7,12-13,18,24,26H,8-11H2. The number of hydrogen-bond acceptors (Lipinski definition) is 4. The number of benzene rings is 2. The van der Waals surface area contributed by atoms with Crippen molar-refractivity contribution in [1.82, 2.24) is 0 Å². The Morgan fingerprint density at radius 1 is 1.08 bits per heavy atom. The van der Waals surface area contributed by atoms with Crippen molar-refractivity contribution in [2.75, 3.05) is 23.4 Å². The smallest absolute Gasteiger partial charge is 0.393 e. The van der Waals surface area contributed by atoms with E-state index in [1.54, 1.807) is 6.21 Å². The second kappa shape index (κ2) is 7.78. The lowest BCUT2D eigenvalue weighted by molar-refractivity contribution is -0.137. The highest BCUT2D eigenvalue weighted by molar-refractivity contribution is 5.81. The van der Waals surface area contributed by atoms with Crippen LogP contribution in [0.15, 0.2) is 53.6 Å². The normalized spacial score (nSPS) is 16.2. The van der Waals surface area contributed by atoms with E-state index in [0.717, 1.165) is 49.3 Å². The van der Waals surface area contributed by atoms with E-state index < -0.39 is 11.7 Å². The van der Waals surface area contributed by atoms with Crippen LogP contribution in [0, 0.1) is 0 Å². The Morgan fingerprint density at radius 2 is 1.77 bits per heavy atom. The van der Waals surface area contributed by atoms with Crippen molar-refractivity contribution in [3.63, 3.8) is 0 Å². The summed E-state index contributed by atoms with van der Waals surface area (Å²) in [6.07, 6.45) is -1.49. The maximum absolute atomic E-state index is 12.7. The highest BCUT2D eigenvalue weighted by atomic mass is 19.4. The first-order valence-corrected chi connectivity index (χ1v) is 8.41. The first kappa shape index (κ1) is 18.3. The predicted octanol–water partition coefficient (Wildman–Crippen LogP) is 4.11. The van der Waals surface area contributed by atoms with Crippen molar-refractivity contribution in [2.45, 2.75) is 25.1 Å². The van der Waals surface area contributed by atoms with Gasteiger partial charge in [0.15, 0.2) is 0 Å². The number of hydrazone groups is 1. The summed E-state index contributed by atoms with van der Waals surface area (Å²) in [7, 11) is 0. The third kappa shape index (κ3) is 4.76. The number of alkyl halides is 3. The topological polar surface area (TPSA) is 47.9 Å². The number of aliphatic hydroxyl groups excluding tert-OH is 1. The maximum Gasteiger partial charge on any atom is 0.416 e. The summed E-state index contributed by atoms with van der Waals surface area (Å²) < 4.78 is 38.1. The van der Waals surface area contributed by atoms with Crippen molar-refractivity contribution in [3.8, 4) is 0 Å². The quantitative estimate of drug-likeness (QED) is 0.635. The fraction of sp³-hybridized carbons (Fsp3) is 0.316. The van der Waals surface area contributed by atoms with Gasteiger partial charge >= 0.3 is 6.18 Å². The van der Waals surface area contributed by atoms with E-state index in [1.807, 2.05) is 24.3 Å². The molecule has 3 rings (SSSR count). The van der Waals surface area contributed by atoms with Gasteiger partial charge in [0, 0.05) is 18.8 Å². The summed E-state index contributed by atoms with van der Waals surface area (Å²) in [6.45, 7) is 1.65. The van der Waals surface area contributed by atoms with E-state index in [0.29, 0.717) is 0 Å². The largest absolute Gasteiger partial charge is 0.416 e.